The highest BCUT2D eigenvalue weighted by molar-refractivity contribution is 5.76. The van der Waals surface area contributed by atoms with Gasteiger partial charge in [0.2, 0.25) is 5.91 Å². The summed E-state index contributed by atoms with van der Waals surface area (Å²) < 4.78 is 0. The first-order chi connectivity index (χ1) is 8.68. The Morgan fingerprint density at radius 1 is 1.44 bits per heavy atom. The summed E-state index contributed by atoms with van der Waals surface area (Å²) >= 11 is 0. The van der Waals surface area contributed by atoms with Crippen LogP contribution in [0.3, 0.4) is 0 Å². The van der Waals surface area contributed by atoms with Gasteiger partial charge in [-0.2, -0.15) is 0 Å². The van der Waals surface area contributed by atoms with Crippen LogP contribution in [0.5, 0.6) is 0 Å². The number of hydrogen-bond acceptors (Lipinski definition) is 2. The fourth-order valence-electron chi connectivity index (χ4n) is 2.48. The molecule has 0 bridgehead atoms. The SMILES string of the molecule is Cc1ccccc1CCC(=O)N(C)C1CCNC1. The zero-order valence-corrected chi connectivity index (χ0v) is 11.3. The maximum atomic E-state index is 12.1. The average molecular weight is 246 g/mol. The van der Waals surface area contributed by atoms with E-state index in [1.54, 1.807) is 0 Å². The molecule has 3 heteroatoms. The molecule has 18 heavy (non-hydrogen) atoms. The molecule has 2 rings (SSSR count). The predicted octanol–water partition coefficient (Wildman–Crippen LogP) is 1.75. The van der Waals surface area contributed by atoms with Crippen LogP contribution < -0.4 is 5.32 Å². The van der Waals surface area contributed by atoms with E-state index in [1.807, 2.05) is 24.1 Å². The average Bonchev–Trinajstić information content (AvgIpc) is 2.90. The zero-order chi connectivity index (χ0) is 13.0. The van der Waals surface area contributed by atoms with Gasteiger partial charge in [0.25, 0.3) is 0 Å². The number of hydrogen-bond donors (Lipinski definition) is 1. The number of amides is 1. The van der Waals surface area contributed by atoms with Crippen molar-refractivity contribution >= 4 is 5.91 Å². The van der Waals surface area contributed by atoms with Crippen molar-refractivity contribution in [3.8, 4) is 0 Å². The van der Waals surface area contributed by atoms with Gasteiger partial charge in [-0.15, -0.1) is 0 Å². The minimum atomic E-state index is 0.256. The minimum absolute atomic E-state index is 0.256. The Bertz CT molecular complexity index is 411. The summed E-state index contributed by atoms with van der Waals surface area (Å²) in [6.07, 6.45) is 2.53. The molecule has 1 saturated heterocycles. The van der Waals surface area contributed by atoms with Crippen LogP contribution >= 0.6 is 0 Å². The smallest absolute Gasteiger partial charge is 0.222 e. The molecular formula is C15H22N2O. The fraction of sp³-hybridized carbons (Fsp3) is 0.533. The number of aryl methyl sites for hydroxylation is 2. The number of nitrogens with one attached hydrogen (secondary N) is 1. The topological polar surface area (TPSA) is 32.3 Å². The van der Waals surface area contributed by atoms with Gasteiger partial charge >= 0.3 is 0 Å². The molecule has 0 radical (unpaired) electrons. The van der Waals surface area contributed by atoms with Crippen molar-refractivity contribution in [1.82, 2.24) is 10.2 Å². The van der Waals surface area contributed by atoms with Crippen molar-refractivity contribution in [3.63, 3.8) is 0 Å². The molecule has 1 heterocycles. The van der Waals surface area contributed by atoms with Crippen molar-refractivity contribution in [3.05, 3.63) is 35.4 Å². The number of rotatable bonds is 4. The molecule has 1 aliphatic heterocycles. The monoisotopic (exact) mass is 246 g/mol. The van der Waals surface area contributed by atoms with Gasteiger partial charge in [0.1, 0.15) is 0 Å². The molecule has 1 atom stereocenters. The van der Waals surface area contributed by atoms with E-state index in [4.69, 9.17) is 0 Å². The first kappa shape index (κ1) is 13.1. The molecule has 0 aliphatic carbocycles. The van der Waals surface area contributed by atoms with Crippen LogP contribution in [0.2, 0.25) is 0 Å². The Morgan fingerprint density at radius 3 is 2.89 bits per heavy atom. The highest BCUT2D eigenvalue weighted by Crippen LogP contribution is 2.12. The van der Waals surface area contributed by atoms with Crippen molar-refractivity contribution in [2.45, 2.75) is 32.2 Å². The maximum Gasteiger partial charge on any atom is 0.222 e. The Balaban J connectivity index is 1.86. The van der Waals surface area contributed by atoms with Gasteiger partial charge in [-0.1, -0.05) is 24.3 Å². The van der Waals surface area contributed by atoms with Crippen LogP contribution in [0.25, 0.3) is 0 Å². The molecule has 98 valence electrons. The van der Waals surface area contributed by atoms with E-state index in [2.05, 4.69) is 24.4 Å². The van der Waals surface area contributed by atoms with Crippen LogP contribution in [-0.4, -0.2) is 37.0 Å². The highest BCUT2D eigenvalue weighted by atomic mass is 16.2. The molecule has 1 amide bonds. The van der Waals surface area contributed by atoms with E-state index in [0.29, 0.717) is 12.5 Å². The van der Waals surface area contributed by atoms with Crippen LogP contribution in [0.4, 0.5) is 0 Å². The van der Waals surface area contributed by atoms with E-state index < -0.39 is 0 Å². The lowest BCUT2D eigenvalue weighted by Gasteiger charge is -2.23. The van der Waals surface area contributed by atoms with Gasteiger partial charge in [-0.25, -0.2) is 0 Å². The van der Waals surface area contributed by atoms with Crippen molar-refractivity contribution in [2.24, 2.45) is 0 Å². The number of carbonyl (C=O) groups excluding carboxylic acids is 1. The fourth-order valence-corrected chi connectivity index (χ4v) is 2.48. The van der Waals surface area contributed by atoms with E-state index in [9.17, 15) is 4.79 Å². The van der Waals surface area contributed by atoms with Crippen molar-refractivity contribution < 1.29 is 4.79 Å². The summed E-state index contributed by atoms with van der Waals surface area (Å²) in [5.74, 6) is 0.256. The Kier molecular flexibility index (Phi) is 4.37. The van der Waals surface area contributed by atoms with Crippen molar-refractivity contribution in [2.75, 3.05) is 20.1 Å². The quantitative estimate of drug-likeness (QED) is 0.878. The second kappa shape index (κ2) is 6.01. The summed E-state index contributed by atoms with van der Waals surface area (Å²) in [7, 11) is 1.93. The summed E-state index contributed by atoms with van der Waals surface area (Å²) in [4.78, 5) is 14.0. The maximum absolute atomic E-state index is 12.1. The van der Waals surface area contributed by atoms with E-state index in [1.165, 1.54) is 11.1 Å². The summed E-state index contributed by atoms with van der Waals surface area (Å²) in [5.41, 5.74) is 2.55. The Labute approximate surface area is 109 Å². The molecular weight excluding hydrogens is 224 g/mol. The standard InChI is InChI=1S/C15H22N2O/c1-12-5-3-4-6-13(12)7-8-15(18)17(2)14-9-10-16-11-14/h3-6,14,16H,7-11H2,1-2H3. The molecule has 3 nitrogen and oxygen atoms in total. The normalized spacial score (nSPS) is 18.9. The molecule has 0 aromatic heterocycles. The third-order valence-electron chi connectivity index (χ3n) is 3.84. The largest absolute Gasteiger partial charge is 0.341 e. The summed E-state index contributed by atoms with van der Waals surface area (Å²) in [6.45, 7) is 4.07. The molecule has 1 aromatic carbocycles. The molecule has 0 spiro atoms. The minimum Gasteiger partial charge on any atom is -0.341 e. The van der Waals surface area contributed by atoms with E-state index >= 15 is 0 Å². The van der Waals surface area contributed by atoms with Gasteiger partial charge < -0.3 is 10.2 Å². The van der Waals surface area contributed by atoms with Crippen molar-refractivity contribution in [1.29, 1.82) is 0 Å². The van der Waals surface area contributed by atoms with Gasteiger partial charge in [0, 0.05) is 26.1 Å². The lowest BCUT2D eigenvalue weighted by Crippen LogP contribution is -2.38. The van der Waals surface area contributed by atoms with Crippen LogP contribution in [0.1, 0.15) is 24.0 Å². The zero-order valence-electron chi connectivity index (χ0n) is 11.3. The molecule has 1 aromatic rings. The van der Waals surface area contributed by atoms with Gasteiger partial charge in [0.05, 0.1) is 0 Å². The summed E-state index contributed by atoms with van der Waals surface area (Å²) in [5, 5.41) is 3.30. The highest BCUT2D eigenvalue weighted by Gasteiger charge is 2.22. The molecule has 1 fully saturated rings. The molecule has 0 saturated carbocycles. The van der Waals surface area contributed by atoms with E-state index in [0.717, 1.165) is 25.9 Å². The lowest BCUT2D eigenvalue weighted by molar-refractivity contribution is -0.131. The van der Waals surface area contributed by atoms with Gasteiger partial charge in [-0.05, 0) is 37.4 Å². The van der Waals surface area contributed by atoms with Gasteiger partial charge in [0.15, 0.2) is 0 Å². The molecule has 1 aliphatic rings. The van der Waals surface area contributed by atoms with Crippen LogP contribution in [0, 0.1) is 6.92 Å². The molecule has 1 unspecified atom stereocenters. The number of benzene rings is 1. The first-order valence-electron chi connectivity index (χ1n) is 6.69. The van der Waals surface area contributed by atoms with Crippen LogP contribution in [0.15, 0.2) is 24.3 Å². The third-order valence-corrected chi connectivity index (χ3v) is 3.84. The second-order valence-electron chi connectivity index (χ2n) is 5.08. The third kappa shape index (κ3) is 3.10. The second-order valence-corrected chi connectivity index (χ2v) is 5.08. The summed E-state index contributed by atoms with van der Waals surface area (Å²) in [6, 6.07) is 8.67. The van der Waals surface area contributed by atoms with E-state index in [-0.39, 0.29) is 5.91 Å². The number of carbonyl (C=O) groups is 1. The van der Waals surface area contributed by atoms with Gasteiger partial charge in [-0.3, -0.25) is 4.79 Å². The van der Waals surface area contributed by atoms with Crippen LogP contribution in [-0.2, 0) is 11.2 Å². The Morgan fingerprint density at radius 2 is 2.22 bits per heavy atom. The number of nitrogens with zero attached hydrogens (tertiary/aromatic N) is 1. The number of likely N-dealkylation sites (N-methyl/N-ethyl adjacent to an activating group) is 1. The Hall–Kier alpha value is -1.35. The predicted molar refractivity (Wildman–Crippen MR) is 73.5 cm³/mol. The lowest BCUT2D eigenvalue weighted by atomic mass is 10.0. The molecule has 1 N–H and O–H groups in total. The first-order valence-corrected chi connectivity index (χ1v) is 6.69.